The summed E-state index contributed by atoms with van der Waals surface area (Å²) < 4.78 is 0. The first-order valence-corrected chi connectivity index (χ1v) is 6.72. The molecule has 1 aromatic heterocycles. The average Bonchev–Trinajstić information content (AvgIpc) is 2.83. The summed E-state index contributed by atoms with van der Waals surface area (Å²) in [6.45, 7) is 3.06. The topological polar surface area (TPSA) is 15.3 Å². The van der Waals surface area contributed by atoms with Crippen LogP contribution in [0.15, 0.2) is 47.8 Å². The van der Waals surface area contributed by atoms with Gasteiger partial charge in [0, 0.05) is 30.2 Å². The lowest BCUT2D eigenvalue weighted by molar-refractivity contribution is 0.343. The van der Waals surface area contributed by atoms with Crippen molar-refractivity contribution in [2.75, 3.05) is 25.5 Å². The normalized spacial score (nSPS) is 10.7. The Balaban J connectivity index is 1.68. The summed E-state index contributed by atoms with van der Waals surface area (Å²) in [5.74, 6) is 0. The van der Waals surface area contributed by atoms with Gasteiger partial charge < -0.3 is 5.32 Å². The predicted octanol–water partition coefficient (Wildman–Crippen LogP) is 3.29. The largest absolute Gasteiger partial charge is 0.384 e. The first-order chi connectivity index (χ1) is 8.34. The van der Waals surface area contributed by atoms with Crippen LogP contribution in [0.4, 0.5) is 5.69 Å². The Bertz CT molecular complexity index is 411. The molecule has 0 aliphatic heterocycles. The van der Waals surface area contributed by atoms with Crippen LogP contribution in [0.25, 0.3) is 0 Å². The van der Waals surface area contributed by atoms with Crippen LogP contribution >= 0.6 is 11.3 Å². The number of thiophene rings is 1. The van der Waals surface area contributed by atoms with Gasteiger partial charge in [-0.25, -0.2) is 0 Å². The van der Waals surface area contributed by atoms with Crippen LogP contribution < -0.4 is 5.32 Å². The number of anilines is 1. The van der Waals surface area contributed by atoms with Crippen LogP contribution in [0.1, 0.15) is 4.88 Å². The lowest BCUT2D eigenvalue weighted by Gasteiger charge is -2.16. The van der Waals surface area contributed by atoms with Gasteiger partial charge in [0.25, 0.3) is 0 Å². The van der Waals surface area contributed by atoms with E-state index in [-0.39, 0.29) is 0 Å². The Morgan fingerprint density at radius 1 is 1.12 bits per heavy atom. The highest BCUT2D eigenvalue weighted by molar-refractivity contribution is 7.09. The van der Waals surface area contributed by atoms with Gasteiger partial charge in [-0.1, -0.05) is 24.3 Å². The number of hydrogen-bond donors (Lipinski definition) is 1. The Labute approximate surface area is 107 Å². The van der Waals surface area contributed by atoms with Crippen LogP contribution in [0.5, 0.6) is 0 Å². The first-order valence-electron chi connectivity index (χ1n) is 5.84. The molecule has 0 unspecified atom stereocenters. The van der Waals surface area contributed by atoms with Gasteiger partial charge in [-0.3, -0.25) is 4.90 Å². The Kier molecular flexibility index (Phi) is 4.59. The predicted molar refractivity (Wildman–Crippen MR) is 75.6 cm³/mol. The number of hydrogen-bond acceptors (Lipinski definition) is 3. The molecule has 0 saturated heterocycles. The fraction of sp³-hybridized carbons (Fsp3) is 0.286. The maximum Gasteiger partial charge on any atom is 0.0340 e. The monoisotopic (exact) mass is 246 g/mol. The summed E-state index contributed by atoms with van der Waals surface area (Å²) in [4.78, 5) is 3.76. The first kappa shape index (κ1) is 12.1. The summed E-state index contributed by atoms with van der Waals surface area (Å²) in [6, 6.07) is 14.6. The average molecular weight is 246 g/mol. The molecule has 0 aliphatic carbocycles. The van der Waals surface area contributed by atoms with Crippen molar-refractivity contribution in [3.05, 3.63) is 52.7 Å². The van der Waals surface area contributed by atoms with Crippen molar-refractivity contribution in [2.24, 2.45) is 0 Å². The number of likely N-dealkylation sites (N-methyl/N-ethyl adjacent to an activating group) is 1. The van der Waals surface area contributed by atoms with Crippen molar-refractivity contribution in [3.63, 3.8) is 0 Å². The molecule has 3 heteroatoms. The molecule has 90 valence electrons. The summed E-state index contributed by atoms with van der Waals surface area (Å²) in [7, 11) is 2.16. The summed E-state index contributed by atoms with van der Waals surface area (Å²) in [5, 5.41) is 5.55. The molecule has 1 N–H and O–H groups in total. The van der Waals surface area contributed by atoms with Crippen molar-refractivity contribution in [1.82, 2.24) is 4.90 Å². The van der Waals surface area contributed by atoms with Crippen LogP contribution in [0.2, 0.25) is 0 Å². The van der Waals surface area contributed by atoms with Gasteiger partial charge in [0.05, 0.1) is 0 Å². The number of nitrogens with zero attached hydrogens (tertiary/aromatic N) is 1. The second-order valence-electron chi connectivity index (χ2n) is 4.11. The molecule has 2 nitrogen and oxygen atoms in total. The highest BCUT2D eigenvalue weighted by atomic mass is 32.1. The van der Waals surface area contributed by atoms with Gasteiger partial charge in [-0.2, -0.15) is 0 Å². The van der Waals surface area contributed by atoms with Gasteiger partial charge in [0.2, 0.25) is 0 Å². The van der Waals surface area contributed by atoms with Crippen molar-refractivity contribution in [3.8, 4) is 0 Å². The van der Waals surface area contributed by atoms with Crippen LogP contribution in [0, 0.1) is 0 Å². The molecule has 0 fully saturated rings. The molecule has 2 aromatic rings. The zero-order valence-electron chi connectivity index (χ0n) is 10.1. The van der Waals surface area contributed by atoms with E-state index >= 15 is 0 Å². The number of rotatable bonds is 6. The van der Waals surface area contributed by atoms with E-state index in [0.29, 0.717) is 0 Å². The molecule has 0 saturated carbocycles. The van der Waals surface area contributed by atoms with Gasteiger partial charge in [0.15, 0.2) is 0 Å². The molecule has 0 bridgehead atoms. The van der Waals surface area contributed by atoms with Gasteiger partial charge >= 0.3 is 0 Å². The van der Waals surface area contributed by atoms with Gasteiger partial charge in [-0.05, 0) is 30.6 Å². The molecule has 0 spiro atoms. The number of para-hydroxylation sites is 1. The molecule has 1 aromatic carbocycles. The third-order valence-corrected chi connectivity index (χ3v) is 3.46. The number of nitrogens with one attached hydrogen (secondary N) is 1. The second-order valence-corrected chi connectivity index (χ2v) is 5.14. The Morgan fingerprint density at radius 2 is 1.94 bits per heavy atom. The third kappa shape index (κ3) is 4.21. The van der Waals surface area contributed by atoms with Crippen LogP contribution in [0.3, 0.4) is 0 Å². The van der Waals surface area contributed by atoms with Crippen molar-refractivity contribution in [1.29, 1.82) is 0 Å². The highest BCUT2D eigenvalue weighted by Crippen LogP contribution is 2.10. The molecule has 2 rings (SSSR count). The van der Waals surface area contributed by atoms with Crippen molar-refractivity contribution < 1.29 is 0 Å². The molecule has 1 heterocycles. The van der Waals surface area contributed by atoms with E-state index < -0.39 is 0 Å². The lowest BCUT2D eigenvalue weighted by atomic mass is 10.3. The third-order valence-electron chi connectivity index (χ3n) is 2.60. The minimum atomic E-state index is 0.978. The minimum absolute atomic E-state index is 0.978. The van der Waals surface area contributed by atoms with E-state index in [1.807, 2.05) is 17.4 Å². The van der Waals surface area contributed by atoms with E-state index in [4.69, 9.17) is 0 Å². The van der Waals surface area contributed by atoms with Crippen molar-refractivity contribution in [2.45, 2.75) is 6.54 Å². The summed E-state index contributed by atoms with van der Waals surface area (Å²) in [5.41, 5.74) is 1.19. The van der Waals surface area contributed by atoms with E-state index in [2.05, 4.69) is 59.0 Å². The minimum Gasteiger partial charge on any atom is -0.384 e. The molecule has 0 amide bonds. The molecular formula is C14H18N2S. The molecular weight excluding hydrogens is 228 g/mol. The summed E-state index contributed by atoms with van der Waals surface area (Å²) in [6.07, 6.45) is 0. The van der Waals surface area contributed by atoms with E-state index in [1.165, 1.54) is 10.6 Å². The maximum absolute atomic E-state index is 3.42. The smallest absolute Gasteiger partial charge is 0.0340 e. The van der Waals surface area contributed by atoms with Crippen LogP contribution in [-0.4, -0.2) is 25.0 Å². The standard InChI is InChI=1S/C14H18N2S/c1-16(12-14-8-5-11-17-14)10-9-15-13-6-3-2-4-7-13/h2-8,11,15H,9-10,12H2,1H3. The second kappa shape index (κ2) is 6.42. The van der Waals surface area contributed by atoms with Crippen LogP contribution in [-0.2, 0) is 6.54 Å². The lowest BCUT2D eigenvalue weighted by Crippen LogP contribution is -2.24. The van der Waals surface area contributed by atoms with Gasteiger partial charge in [-0.15, -0.1) is 11.3 Å². The quantitative estimate of drug-likeness (QED) is 0.841. The fourth-order valence-corrected chi connectivity index (χ4v) is 2.48. The van der Waals surface area contributed by atoms with Crippen molar-refractivity contribution >= 4 is 17.0 Å². The maximum atomic E-state index is 3.42. The van der Waals surface area contributed by atoms with Gasteiger partial charge in [0.1, 0.15) is 0 Å². The molecule has 0 atom stereocenters. The molecule has 0 radical (unpaired) electrons. The highest BCUT2D eigenvalue weighted by Gasteiger charge is 2.00. The van der Waals surface area contributed by atoms with E-state index in [0.717, 1.165) is 19.6 Å². The number of benzene rings is 1. The molecule has 17 heavy (non-hydrogen) atoms. The zero-order chi connectivity index (χ0) is 11.9. The zero-order valence-corrected chi connectivity index (χ0v) is 10.9. The SMILES string of the molecule is CN(CCNc1ccccc1)Cc1cccs1. The Hall–Kier alpha value is -1.32. The van der Waals surface area contributed by atoms with E-state index in [1.54, 1.807) is 0 Å². The Morgan fingerprint density at radius 3 is 2.65 bits per heavy atom. The fourth-order valence-electron chi connectivity index (χ4n) is 1.69. The van der Waals surface area contributed by atoms with E-state index in [9.17, 15) is 0 Å². The summed E-state index contributed by atoms with van der Waals surface area (Å²) >= 11 is 1.82. The molecule has 0 aliphatic rings.